The molecule has 0 aliphatic carbocycles. The van der Waals surface area contributed by atoms with Gasteiger partial charge in [-0.1, -0.05) is 29.3 Å². The predicted octanol–water partition coefficient (Wildman–Crippen LogP) is 2.95. The van der Waals surface area contributed by atoms with Gasteiger partial charge in [0.05, 0.1) is 0 Å². The number of carbonyl (C=O) groups is 2. The first-order chi connectivity index (χ1) is 12.3. The molecule has 138 valence electrons. The molecule has 0 saturated carbocycles. The van der Waals surface area contributed by atoms with Crippen LogP contribution in [0.25, 0.3) is 0 Å². The maximum Gasteiger partial charge on any atom is 0.279 e. The Kier molecular flexibility index (Phi) is 6.86. The van der Waals surface area contributed by atoms with Crippen LogP contribution >= 0.6 is 11.6 Å². The van der Waals surface area contributed by atoms with Crippen LogP contribution in [-0.2, 0) is 9.59 Å². The van der Waals surface area contributed by atoms with Crippen LogP contribution in [0.1, 0.15) is 18.1 Å². The van der Waals surface area contributed by atoms with E-state index >= 15 is 0 Å². The highest BCUT2D eigenvalue weighted by molar-refractivity contribution is 6.31. The maximum atomic E-state index is 12.0. The molecule has 2 N–H and O–H groups in total. The van der Waals surface area contributed by atoms with Crippen LogP contribution in [0.5, 0.6) is 11.5 Å². The summed E-state index contributed by atoms with van der Waals surface area (Å²) >= 11 is 5.93. The number of hydrogen-bond acceptors (Lipinski definition) is 4. The molecule has 2 rings (SSSR count). The van der Waals surface area contributed by atoms with Crippen molar-refractivity contribution in [2.24, 2.45) is 0 Å². The number of amides is 2. The number of carbonyl (C=O) groups excluding carboxylic acids is 2. The Morgan fingerprint density at radius 3 is 2.35 bits per heavy atom. The fourth-order valence-corrected chi connectivity index (χ4v) is 2.12. The number of ether oxygens (including phenoxy) is 2. The Bertz CT molecular complexity index is 778. The SMILES string of the molecule is Cc1ccc(OC(C)C(=O)NNC(=O)COc2ccc(Cl)c(C)c2)cc1. The molecule has 1 unspecified atom stereocenters. The molecular formula is C19H21ClN2O4. The van der Waals surface area contributed by atoms with Crippen molar-refractivity contribution in [3.63, 3.8) is 0 Å². The van der Waals surface area contributed by atoms with E-state index in [1.807, 2.05) is 26.0 Å². The van der Waals surface area contributed by atoms with E-state index in [-0.39, 0.29) is 6.61 Å². The lowest BCUT2D eigenvalue weighted by atomic mass is 10.2. The molecule has 0 aliphatic rings. The Hall–Kier alpha value is -2.73. The second-order valence-electron chi connectivity index (χ2n) is 5.81. The van der Waals surface area contributed by atoms with Gasteiger partial charge in [-0.2, -0.15) is 0 Å². The topological polar surface area (TPSA) is 76.7 Å². The minimum atomic E-state index is -0.766. The van der Waals surface area contributed by atoms with Gasteiger partial charge < -0.3 is 9.47 Å². The normalized spacial score (nSPS) is 11.4. The van der Waals surface area contributed by atoms with Crippen LogP contribution in [0.3, 0.4) is 0 Å². The summed E-state index contributed by atoms with van der Waals surface area (Å²) in [4.78, 5) is 23.7. The van der Waals surface area contributed by atoms with Crippen molar-refractivity contribution in [3.05, 3.63) is 58.6 Å². The van der Waals surface area contributed by atoms with Crippen molar-refractivity contribution in [1.82, 2.24) is 10.9 Å². The molecule has 26 heavy (non-hydrogen) atoms. The summed E-state index contributed by atoms with van der Waals surface area (Å²) in [6.45, 7) is 5.15. The van der Waals surface area contributed by atoms with E-state index in [2.05, 4.69) is 10.9 Å². The Morgan fingerprint density at radius 2 is 1.69 bits per heavy atom. The third-order valence-electron chi connectivity index (χ3n) is 3.53. The summed E-state index contributed by atoms with van der Waals surface area (Å²) in [5.74, 6) is 0.130. The monoisotopic (exact) mass is 376 g/mol. The summed E-state index contributed by atoms with van der Waals surface area (Å²) in [6, 6.07) is 12.4. The minimum absolute atomic E-state index is 0.242. The minimum Gasteiger partial charge on any atom is -0.484 e. The van der Waals surface area contributed by atoms with Gasteiger partial charge in [-0.15, -0.1) is 0 Å². The van der Waals surface area contributed by atoms with E-state index in [1.165, 1.54) is 0 Å². The molecule has 0 bridgehead atoms. The van der Waals surface area contributed by atoms with Crippen LogP contribution in [-0.4, -0.2) is 24.5 Å². The molecular weight excluding hydrogens is 356 g/mol. The molecule has 0 saturated heterocycles. The van der Waals surface area contributed by atoms with Crippen molar-refractivity contribution in [2.45, 2.75) is 26.9 Å². The third kappa shape index (κ3) is 5.97. The molecule has 0 spiro atoms. The third-order valence-corrected chi connectivity index (χ3v) is 3.95. The molecule has 0 fully saturated rings. The van der Waals surface area contributed by atoms with Gasteiger partial charge in [0.15, 0.2) is 12.7 Å². The van der Waals surface area contributed by atoms with Crippen molar-refractivity contribution in [2.75, 3.05) is 6.61 Å². The lowest BCUT2D eigenvalue weighted by Crippen LogP contribution is -2.48. The van der Waals surface area contributed by atoms with Gasteiger partial charge in [-0.05, 0) is 56.7 Å². The molecule has 6 nitrogen and oxygen atoms in total. The highest BCUT2D eigenvalue weighted by atomic mass is 35.5. The summed E-state index contributed by atoms with van der Waals surface area (Å²) in [5.41, 5.74) is 6.53. The molecule has 7 heteroatoms. The lowest BCUT2D eigenvalue weighted by molar-refractivity contribution is -0.133. The quantitative estimate of drug-likeness (QED) is 0.760. The van der Waals surface area contributed by atoms with Gasteiger partial charge in [0.25, 0.3) is 11.8 Å². The van der Waals surface area contributed by atoms with E-state index in [0.29, 0.717) is 16.5 Å². The second-order valence-corrected chi connectivity index (χ2v) is 6.22. The summed E-state index contributed by atoms with van der Waals surface area (Å²) in [7, 11) is 0. The van der Waals surface area contributed by atoms with E-state index in [9.17, 15) is 9.59 Å². The van der Waals surface area contributed by atoms with E-state index in [4.69, 9.17) is 21.1 Å². The van der Waals surface area contributed by atoms with E-state index in [0.717, 1.165) is 11.1 Å². The van der Waals surface area contributed by atoms with Crippen molar-refractivity contribution >= 4 is 23.4 Å². The highest BCUT2D eigenvalue weighted by Crippen LogP contribution is 2.20. The number of halogens is 1. The molecule has 1 atom stereocenters. The number of benzene rings is 2. The Balaban J connectivity index is 1.74. The molecule has 2 aromatic carbocycles. The zero-order valence-electron chi connectivity index (χ0n) is 14.8. The van der Waals surface area contributed by atoms with Crippen LogP contribution in [0.2, 0.25) is 5.02 Å². The number of aryl methyl sites for hydroxylation is 2. The van der Waals surface area contributed by atoms with Gasteiger partial charge in [-0.3, -0.25) is 20.4 Å². The number of nitrogens with one attached hydrogen (secondary N) is 2. The van der Waals surface area contributed by atoms with Gasteiger partial charge >= 0.3 is 0 Å². The zero-order valence-corrected chi connectivity index (χ0v) is 15.6. The number of hydrazine groups is 1. The fourth-order valence-electron chi connectivity index (χ4n) is 2.00. The zero-order chi connectivity index (χ0) is 19.1. The number of rotatable bonds is 6. The molecule has 0 radical (unpaired) electrons. The Morgan fingerprint density at radius 1 is 1.04 bits per heavy atom. The summed E-state index contributed by atoms with van der Waals surface area (Å²) in [5, 5.41) is 0.622. The first kappa shape index (κ1) is 19.6. The average molecular weight is 377 g/mol. The van der Waals surface area contributed by atoms with Gasteiger partial charge in [-0.25, -0.2) is 0 Å². The first-order valence-corrected chi connectivity index (χ1v) is 8.44. The Labute approximate surface area is 157 Å². The molecule has 0 heterocycles. The van der Waals surface area contributed by atoms with Crippen LogP contribution in [0, 0.1) is 13.8 Å². The molecule has 0 aliphatic heterocycles. The molecule has 0 aromatic heterocycles. The van der Waals surface area contributed by atoms with Crippen LogP contribution in [0.4, 0.5) is 0 Å². The van der Waals surface area contributed by atoms with Crippen molar-refractivity contribution < 1.29 is 19.1 Å². The summed E-state index contributed by atoms with van der Waals surface area (Å²) in [6.07, 6.45) is -0.766. The number of hydrogen-bond donors (Lipinski definition) is 2. The second kappa shape index (κ2) is 9.10. The van der Waals surface area contributed by atoms with Gasteiger partial charge in [0.2, 0.25) is 0 Å². The van der Waals surface area contributed by atoms with E-state index < -0.39 is 17.9 Å². The fraction of sp³-hybridized carbons (Fsp3) is 0.263. The van der Waals surface area contributed by atoms with E-state index in [1.54, 1.807) is 37.3 Å². The van der Waals surface area contributed by atoms with Crippen LogP contribution < -0.4 is 20.3 Å². The standard InChI is InChI=1S/C19H21ClN2O4/c1-12-4-6-15(7-5-12)26-14(3)19(24)22-21-18(23)11-25-16-8-9-17(20)13(2)10-16/h4-10,14H,11H2,1-3H3,(H,21,23)(H,22,24). The van der Waals surface area contributed by atoms with Crippen molar-refractivity contribution in [3.8, 4) is 11.5 Å². The highest BCUT2D eigenvalue weighted by Gasteiger charge is 2.15. The molecule has 2 amide bonds. The largest absolute Gasteiger partial charge is 0.484 e. The van der Waals surface area contributed by atoms with Gasteiger partial charge in [0.1, 0.15) is 11.5 Å². The van der Waals surface area contributed by atoms with Crippen molar-refractivity contribution in [1.29, 1.82) is 0 Å². The molecule has 2 aromatic rings. The average Bonchev–Trinajstić information content (AvgIpc) is 2.62. The maximum absolute atomic E-state index is 12.0. The smallest absolute Gasteiger partial charge is 0.279 e. The first-order valence-electron chi connectivity index (χ1n) is 8.06. The summed E-state index contributed by atoms with van der Waals surface area (Å²) < 4.78 is 10.9. The van der Waals surface area contributed by atoms with Gasteiger partial charge in [0, 0.05) is 5.02 Å². The lowest BCUT2D eigenvalue weighted by Gasteiger charge is -2.15. The van der Waals surface area contributed by atoms with Crippen LogP contribution in [0.15, 0.2) is 42.5 Å². The predicted molar refractivity (Wildman–Crippen MR) is 99.2 cm³/mol.